The Balaban J connectivity index is 1.71. The van der Waals surface area contributed by atoms with Crippen molar-refractivity contribution in [2.24, 2.45) is 0 Å². The van der Waals surface area contributed by atoms with Crippen molar-refractivity contribution < 1.29 is 14.8 Å². The molecular weight excluding hydrogens is 412 g/mol. The van der Waals surface area contributed by atoms with Gasteiger partial charge in [0, 0.05) is 22.4 Å². The molecule has 31 heavy (non-hydrogen) atoms. The fourth-order valence-corrected chi connectivity index (χ4v) is 4.45. The highest BCUT2D eigenvalue weighted by atomic mass is 32.1. The lowest BCUT2D eigenvalue weighted by Crippen LogP contribution is -2.00. The Bertz CT molecular complexity index is 1280. The van der Waals surface area contributed by atoms with E-state index in [0.717, 1.165) is 21.7 Å². The number of aromatic nitrogens is 1. The molecule has 0 radical (unpaired) electrons. The molecule has 0 atom stereocenters. The van der Waals surface area contributed by atoms with Crippen LogP contribution in [0.4, 0.5) is 5.69 Å². The molecule has 0 unspecified atom stereocenters. The van der Waals surface area contributed by atoms with Gasteiger partial charge in [0.2, 0.25) is 0 Å². The number of aryl methyl sites for hydroxylation is 1. The van der Waals surface area contributed by atoms with Crippen LogP contribution >= 0.6 is 11.3 Å². The van der Waals surface area contributed by atoms with Crippen molar-refractivity contribution in [3.63, 3.8) is 0 Å². The molecule has 2 aromatic heterocycles. The number of carboxylic acids is 1. The minimum atomic E-state index is -1.14. The highest BCUT2D eigenvalue weighted by molar-refractivity contribution is 7.18. The number of unbranched alkanes of at least 4 members (excludes halogenated alkanes) is 1. The van der Waals surface area contributed by atoms with Crippen LogP contribution in [-0.4, -0.2) is 21.0 Å². The third kappa shape index (κ3) is 4.32. The van der Waals surface area contributed by atoms with Crippen LogP contribution in [0.3, 0.4) is 0 Å². The Morgan fingerprint density at radius 1 is 1.06 bits per heavy atom. The van der Waals surface area contributed by atoms with Crippen LogP contribution in [-0.2, 0) is 6.42 Å². The van der Waals surface area contributed by atoms with Crippen LogP contribution < -0.4 is 0 Å². The Hall–Kier alpha value is -3.58. The number of aromatic carboxylic acids is 1. The third-order valence-corrected chi connectivity index (χ3v) is 6.31. The topological polar surface area (TPSA) is 93.3 Å². The summed E-state index contributed by atoms with van der Waals surface area (Å²) >= 11 is 1.54. The van der Waals surface area contributed by atoms with Crippen molar-refractivity contribution in [1.29, 1.82) is 0 Å². The number of benzene rings is 2. The summed E-state index contributed by atoms with van der Waals surface area (Å²) in [6, 6.07) is 18.0. The van der Waals surface area contributed by atoms with Crippen molar-refractivity contribution in [1.82, 2.24) is 4.98 Å². The lowest BCUT2D eigenvalue weighted by atomic mass is 10.1. The van der Waals surface area contributed by atoms with Crippen molar-refractivity contribution in [2.45, 2.75) is 26.2 Å². The maximum atomic E-state index is 11.8. The molecule has 6 nitrogen and oxygen atoms in total. The second kappa shape index (κ2) is 8.65. The second-order valence-corrected chi connectivity index (χ2v) is 8.37. The van der Waals surface area contributed by atoms with E-state index >= 15 is 0 Å². The summed E-state index contributed by atoms with van der Waals surface area (Å²) in [4.78, 5) is 28.8. The van der Waals surface area contributed by atoms with Crippen molar-refractivity contribution in [2.75, 3.05) is 0 Å². The summed E-state index contributed by atoms with van der Waals surface area (Å²) in [6.07, 6.45) is 3.41. The molecule has 0 bridgehead atoms. The van der Waals surface area contributed by atoms with E-state index in [-0.39, 0.29) is 16.6 Å². The van der Waals surface area contributed by atoms with Crippen molar-refractivity contribution >= 4 is 33.9 Å². The van der Waals surface area contributed by atoms with Gasteiger partial charge in [-0.25, -0.2) is 9.78 Å². The Morgan fingerprint density at radius 2 is 1.81 bits per heavy atom. The van der Waals surface area contributed by atoms with Crippen LogP contribution in [0.1, 0.15) is 35.7 Å². The molecule has 156 valence electrons. The number of nitro benzene ring substituents is 1. The average molecular weight is 433 g/mol. The van der Waals surface area contributed by atoms with E-state index in [1.54, 1.807) is 0 Å². The lowest BCUT2D eigenvalue weighted by Gasteiger charge is -2.06. The number of nitrogens with zero attached hydrogens (tertiary/aromatic N) is 2. The number of hydrogen-bond acceptors (Lipinski definition) is 5. The van der Waals surface area contributed by atoms with Crippen LogP contribution in [0.25, 0.3) is 31.9 Å². The van der Waals surface area contributed by atoms with E-state index in [0.29, 0.717) is 11.2 Å². The van der Waals surface area contributed by atoms with Gasteiger partial charge in [0.15, 0.2) is 0 Å². The van der Waals surface area contributed by atoms with Gasteiger partial charge < -0.3 is 5.11 Å². The first kappa shape index (κ1) is 20.7. The molecule has 0 aliphatic rings. The number of rotatable bonds is 7. The summed E-state index contributed by atoms with van der Waals surface area (Å²) in [5.74, 6) is -1.14. The molecule has 0 saturated carbocycles. The summed E-state index contributed by atoms with van der Waals surface area (Å²) in [6.45, 7) is 2.18. The molecule has 0 aliphatic heterocycles. The van der Waals surface area contributed by atoms with E-state index < -0.39 is 10.9 Å². The zero-order valence-electron chi connectivity index (χ0n) is 16.9. The maximum absolute atomic E-state index is 11.8. The largest absolute Gasteiger partial charge is 0.478 e. The molecule has 2 aromatic carbocycles. The zero-order chi connectivity index (χ0) is 22.0. The number of carboxylic acid groups (broad SMARTS) is 1. The molecule has 4 aromatic rings. The fourth-order valence-electron chi connectivity index (χ4n) is 3.48. The van der Waals surface area contributed by atoms with Gasteiger partial charge in [0.05, 0.1) is 26.6 Å². The average Bonchev–Trinajstić information content (AvgIpc) is 3.27. The van der Waals surface area contributed by atoms with Gasteiger partial charge in [-0.05, 0) is 48.2 Å². The Labute approximate surface area is 183 Å². The summed E-state index contributed by atoms with van der Waals surface area (Å²) in [5, 5.41) is 21.0. The molecule has 0 fully saturated rings. The highest BCUT2D eigenvalue weighted by Crippen LogP contribution is 2.36. The number of pyridine rings is 1. The van der Waals surface area contributed by atoms with Gasteiger partial charge in [0.1, 0.15) is 0 Å². The first-order valence-electron chi connectivity index (χ1n) is 9.98. The van der Waals surface area contributed by atoms with E-state index in [1.165, 1.54) is 54.0 Å². The standard InChI is InChI=1S/C24H20N2O4S/c1-2-3-4-15-5-7-16(8-6-15)22-11-12-23(31-22)21-14-19(24(27)28)18-13-17(26(29)30)9-10-20(18)25-21/h5-14H,2-4H2,1H3,(H,27,28). The summed E-state index contributed by atoms with van der Waals surface area (Å²) < 4.78 is 0. The molecular formula is C24H20N2O4S. The SMILES string of the molecule is CCCCc1ccc(-c2ccc(-c3cc(C(=O)O)c4cc([N+](=O)[O-])ccc4n3)s2)cc1. The summed E-state index contributed by atoms with van der Waals surface area (Å²) in [5.41, 5.74) is 3.21. The zero-order valence-corrected chi connectivity index (χ0v) is 17.7. The molecule has 4 rings (SSSR count). The normalized spacial score (nSPS) is 11.0. The Kier molecular flexibility index (Phi) is 5.77. The highest BCUT2D eigenvalue weighted by Gasteiger charge is 2.17. The van der Waals surface area contributed by atoms with Gasteiger partial charge in [0.25, 0.3) is 5.69 Å². The van der Waals surface area contributed by atoms with E-state index in [4.69, 9.17) is 0 Å². The van der Waals surface area contributed by atoms with Gasteiger partial charge in [-0.3, -0.25) is 10.1 Å². The number of hydrogen-bond donors (Lipinski definition) is 1. The van der Waals surface area contributed by atoms with Gasteiger partial charge >= 0.3 is 5.97 Å². The van der Waals surface area contributed by atoms with Crippen molar-refractivity contribution in [3.8, 4) is 21.0 Å². The van der Waals surface area contributed by atoms with Gasteiger partial charge in [-0.15, -0.1) is 11.3 Å². The first-order chi connectivity index (χ1) is 15.0. The lowest BCUT2D eigenvalue weighted by molar-refractivity contribution is -0.384. The smallest absolute Gasteiger partial charge is 0.336 e. The van der Waals surface area contributed by atoms with Crippen LogP contribution in [0.2, 0.25) is 0 Å². The van der Waals surface area contributed by atoms with Crippen LogP contribution in [0.15, 0.2) is 60.7 Å². The molecule has 2 heterocycles. The van der Waals surface area contributed by atoms with Crippen molar-refractivity contribution in [3.05, 3.63) is 81.9 Å². The molecule has 0 saturated heterocycles. The first-order valence-corrected chi connectivity index (χ1v) is 10.8. The van der Waals surface area contributed by atoms with Crippen LogP contribution in [0.5, 0.6) is 0 Å². The molecule has 0 spiro atoms. The predicted octanol–water partition coefficient (Wildman–Crippen LogP) is 6.58. The predicted molar refractivity (Wildman–Crippen MR) is 123 cm³/mol. The maximum Gasteiger partial charge on any atom is 0.336 e. The molecule has 0 amide bonds. The van der Waals surface area contributed by atoms with Gasteiger partial charge in [-0.2, -0.15) is 0 Å². The molecule has 1 N–H and O–H groups in total. The minimum absolute atomic E-state index is 0.000993. The minimum Gasteiger partial charge on any atom is -0.478 e. The fraction of sp³-hybridized carbons (Fsp3) is 0.167. The molecule has 7 heteroatoms. The van der Waals surface area contributed by atoms with Gasteiger partial charge in [-0.1, -0.05) is 37.6 Å². The Morgan fingerprint density at radius 3 is 2.48 bits per heavy atom. The number of non-ortho nitro benzene ring substituents is 1. The number of thiophene rings is 1. The second-order valence-electron chi connectivity index (χ2n) is 7.28. The third-order valence-electron chi connectivity index (χ3n) is 5.15. The number of carbonyl (C=O) groups is 1. The number of fused-ring (bicyclic) bond motifs is 1. The van der Waals surface area contributed by atoms with E-state index in [2.05, 4.69) is 36.2 Å². The quantitative estimate of drug-likeness (QED) is 0.263. The van der Waals surface area contributed by atoms with E-state index in [9.17, 15) is 20.0 Å². The number of nitro groups is 1. The van der Waals surface area contributed by atoms with E-state index in [1.807, 2.05) is 12.1 Å². The monoisotopic (exact) mass is 432 g/mol. The summed E-state index contributed by atoms with van der Waals surface area (Å²) in [7, 11) is 0. The molecule has 0 aliphatic carbocycles. The van der Waals surface area contributed by atoms with Crippen LogP contribution in [0, 0.1) is 10.1 Å².